The maximum Gasteiger partial charge on any atom is 0.269 e. The van der Waals surface area contributed by atoms with Crippen molar-refractivity contribution in [2.75, 3.05) is 41.4 Å². The van der Waals surface area contributed by atoms with Crippen LogP contribution >= 0.6 is 55.1 Å². The van der Waals surface area contributed by atoms with E-state index in [1.165, 1.54) is 32.5 Å². The lowest BCUT2D eigenvalue weighted by molar-refractivity contribution is -0.0480. The molecule has 0 bridgehead atoms. The van der Waals surface area contributed by atoms with Crippen LogP contribution in [0.2, 0.25) is 10.0 Å². The highest BCUT2D eigenvalue weighted by Crippen LogP contribution is 2.37. The summed E-state index contributed by atoms with van der Waals surface area (Å²) in [5.41, 5.74) is 0.909. The number of aryl methyl sites for hydroxylation is 1. The zero-order valence-corrected chi connectivity index (χ0v) is 35.7. The second-order valence-corrected chi connectivity index (χ2v) is 19.2. The van der Waals surface area contributed by atoms with Crippen LogP contribution in [0.4, 0.5) is 0 Å². The summed E-state index contributed by atoms with van der Waals surface area (Å²) in [7, 11) is -0.354. The number of likely N-dealkylation sites (N-methyl/N-ethyl adjacent to an activating group) is 2. The minimum atomic E-state index is -4.05. The zero-order chi connectivity index (χ0) is 38.5. The van der Waals surface area contributed by atoms with Crippen molar-refractivity contribution in [3.05, 3.63) is 116 Å². The van der Waals surface area contributed by atoms with Crippen molar-refractivity contribution in [1.29, 1.82) is 0 Å². The fourth-order valence-corrected chi connectivity index (χ4v) is 10.7. The summed E-state index contributed by atoms with van der Waals surface area (Å²) in [6.07, 6.45) is 3.35. The molecule has 0 amide bonds. The molecule has 0 atom stereocenters. The van der Waals surface area contributed by atoms with Gasteiger partial charge in [0.25, 0.3) is 20.0 Å². The Balaban J connectivity index is 1.30. The average Bonchev–Trinajstić information content (AvgIpc) is 3.64. The van der Waals surface area contributed by atoms with Gasteiger partial charge in [0.1, 0.15) is 28.7 Å². The van der Waals surface area contributed by atoms with Gasteiger partial charge in [0.15, 0.2) is 0 Å². The number of benzene rings is 4. The second kappa shape index (κ2) is 15.2. The maximum absolute atomic E-state index is 14.0. The lowest BCUT2D eigenvalue weighted by Gasteiger charge is -2.44. The first kappa shape index (κ1) is 39.6. The third-order valence-corrected chi connectivity index (χ3v) is 14.6. The van der Waals surface area contributed by atoms with E-state index in [0.29, 0.717) is 54.2 Å². The number of hydrogen-bond acceptors (Lipinski definition) is 8. The molecule has 0 aliphatic rings. The van der Waals surface area contributed by atoms with Gasteiger partial charge in [-0.15, -0.1) is 0 Å². The second-order valence-electron chi connectivity index (χ2n) is 13.0. The Bertz CT molecular complexity index is 2550. The Morgan fingerprint density at radius 2 is 1.23 bits per heavy atom. The van der Waals surface area contributed by atoms with Crippen LogP contribution in [-0.4, -0.2) is 81.6 Å². The highest BCUT2D eigenvalue weighted by molar-refractivity contribution is 9.10. The number of aromatic nitrogens is 2. The van der Waals surface area contributed by atoms with Crippen LogP contribution in [0.3, 0.4) is 0 Å². The Kier molecular flexibility index (Phi) is 11.4. The van der Waals surface area contributed by atoms with Crippen LogP contribution in [0.15, 0.2) is 110 Å². The fraction of sp³-hybridized carbons (Fsp3) is 0.243. The van der Waals surface area contributed by atoms with E-state index in [2.05, 4.69) is 31.9 Å². The monoisotopic (exact) mass is 924 g/mol. The molecular formula is C37H36Br2Cl2N4O6S2. The van der Waals surface area contributed by atoms with Crippen LogP contribution in [0.25, 0.3) is 21.8 Å². The minimum Gasteiger partial charge on any atom is -0.491 e. The summed E-state index contributed by atoms with van der Waals surface area (Å²) in [6.45, 7) is 2.17. The standard InChI is InChI=1S/C37H36Br2Cl2N4O6S2/c1-24-6-15-36(31(39)18-24)53(48,49)45-22-35(30-14-10-27(41)20-33(30)45)51-23-37(42(2)3,43(4)5)16-17-50-34-21-44(32-19-26(40)9-13-29(32)34)52(46,47)28-11-7-25(38)8-12-28/h6-15,18-22H,16-17,23H2,1-5H3. The summed E-state index contributed by atoms with van der Waals surface area (Å²) >= 11 is 19.5. The van der Waals surface area contributed by atoms with Gasteiger partial charge < -0.3 is 9.47 Å². The molecule has 0 saturated heterocycles. The molecular weight excluding hydrogens is 891 g/mol. The van der Waals surface area contributed by atoms with Gasteiger partial charge in [0.05, 0.1) is 34.9 Å². The summed E-state index contributed by atoms with van der Waals surface area (Å²) in [5, 5.41) is 1.92. The summed E-state index contributed by atoms with van der Waals surface area (Å²) < 4.78 is 72.0. The zero-order valence-electron chi connectivity index (χ0n) is 29.3. The number of rotatable bonds is 13. The number of halogens is 4. The smallest absolute Gasteiger partial charge is 0.269 e. The van der Waals surface area contributed by atoms with Gasteiger partial charge in [-0.2, -0.15) is 0 Å². The lowest BCUT2D eigenvalue weighted by Crippen LogP contribution is -2.59. The molecule has 0 aliphatic heterocycles. The molecule has 6 rings (SSSR count). The Hall–Kier alpha value is -3.08. The molecule has 16 heteroatoms. The maximum atomic E-state index is 14.0. The van der Waals surface area contributed by atoms with Gasteiger partial charge in [-0.05, 0) is 129 Å². The molecule has 53 heavy (non-hydrogen) atoms. The van der Waals surface area contributed by atoms with Crippen LogP contribution in [0, 0.1) is 6.92 Å². The molecule has 0 unspecified atom stereocenters. The normalized spacial score (nSPS) is 12.7. The Morgan fingerprint density at radius 1 is 0.698 bits per heavy atom. The minimum absolute atomic E-state index is 0.105. The van der Waals surface area contributed by atoms with Gasteiger partial charge in [-0.3, -0.25) is 9.80 Å². The molecule has 0 radical (unpaired) electrons. The van der Waals surface area contributed by atoms with Crippen molar-refractivity contribution in [3.8, 4) is 11.5 Å². The first-order valence-corrected chi connectivity index (χ1v) is 21.4. The van der Waals surface area contributed by atoms with Crippen LogP contribution in [0.1, 0.15) is 12.0 Å². The SMILES string of the molecule is Cc1ccc(S(=O)(=O)n2cc(OCC(CCOc3cn(S(=O)(=O)c4ccc(Br)cc4)c4cc(Cl)ccc34)(N(C)C)N(C)C)c3ccc(Cl)cc32)c(Br)c1. The number of ether oxygens (including phenoxy) is 2. The molecule has 0 spiro atoms. The predicted octanol–water partition coefficient (Wildman–Crippen LogP) is 8.88. The topological polar surface area (TPSA) is 103 Å². The largest absolute Gasteiger partial charge is 0.491 e. The van der Waals surface area contributed by atoms with Gasteiger partial charge in [-0.1, -0.05) is 45.2 Å². The first-order valence-electron chi connectivity index (χ1n) is 16.2. The average molecular weight is 928 g/mol. The van der Waals surface area contributed by atoms with E-state index in [4.69, 9.17) is 32.7 Å². The third-order valence-electron chi connectivity index (χ3n) is 9.27. The third kappa shape index (κ3) is 7.62. The molecule has 2 heterocycles. The molecule has 10 nitrogen and oxygen atoms in total. The lowest BCUT2D eigenvalue weighted by atomic mass is 10.0. The van der Waals surface area contributed by atoms with E-state index in [-0.39, 0.29) is 23.0 Å². The molecule has 4 aromatic carbocycles. The molecule has 2 aromatic heterocycles. The van der Waals surface area contributed by atoms with Gasteiger partial charge >= 0.3 is 0 Å². The van der Waals surface area contributed by atoms with E-state index in [1.54, 1.807) is 66.7 Å². The highest BCUT2D eigenvalue weighted by Gasteiger charge is 2.37. The van der Waals surface area contributed by atoms with Gasteiger partial charge in [0, 0.05) is 36.2 Å². The van der Waals surface area contributed by atoms with E-state index < -0.39 is 25.7 Å². The highest BCUT2D eigenvalue weighted by atomic mass is 79.9. The summed E-state index contributed by atoms with van der Waals surface area (Å²) in [6, 6.07) is 21.5. The van der Waals surface area contributed by atoms with E-state index >= 15 is 0 Å². The van der Waals surface area contributed by atoms with E-state index in [9.17, 15) is 16.8 Å². The quantitative estimate of drug-likeness (QED) is 0.106. The predicted molar refractivity (Wildman–Crippen MR) is 218 cm³/mol. The van der Waals surface area contributed by atoms with E-state index in [1.807, 2.05) is 44.9 Å². The summed E-state index contributed by atoms with van der Waals surface area (Å²) in [5.74, 6) is 0.729. The molecule has 0 saturated carbocycles. The van der Waals surface area contributed by atoms with Crippen molar-refractivity contribution in [2.45, 2.75) is 28.8 Å². The molecule has 0 fully saturated rings. The summed E-state index contributed by atoms with van der Waals surface area (Å²) in [4.78, 5) is 4.23. The van der Waals surface area contributed by atoms with Gasteiger partial charge in [-0.25, -0.2) is 24.8 Å². The van der Waals surface area contributed by atoms with Crippen LogP contribution < -0.4 is 9.47 Å². The van der Waals surface area contributed by atoms with Crippen molar-refractivity contribution in [3.63, 3.8) is 0 Å². The number of hydrogen-bond donors (Lipinski definition) is 0. The van der Waals surface area contributed by atoms with Crippen molar-refractivity contribution in [1.82, 2.24) is 17.7 Å². The van der Waals surface area contributed by atoms with Crippen molar-refractivity contribution >= 4 is 96.9 Å². The van der Waals surface area contributed by atoms with Gasteiger partial charge in [0.2, 0.25) is 0 Å². The molecule has 0 aliphatic carbocycles. The van der Waals surface area contributed by atoms with Crippen molar-refractivity contribution in [2.24, 2.45) is 0 Å². The van der Waals surface area contributed by atoms with Crippen molar-refractivity contribution < 1.29 is 26.3 Å². The van der Waals surface area contributed by atoms with Crippen LogP contribution in [-0.2, 0) is 20.0 Å². The number of fused-ring (bicyclic) bond motifs is 2. The number of nitrogens with zero attached hydrogens (tertiary/aromatic N) is 4. The molecule has 0 N–H and O–H groups in total. The first-order chi connectivity index (χ1) is 25.0. The Labute approximate surface area is 336 Å². The van der Waals surface area contributed by atoms with Crippen LogP contribution in [0.5, 0.6) is 11.5 Å². The Morgan fingerprint density at radius 3 is 1.75 bits per heavy atom. The van der Waals surface area contributed by atoms with E-state index in [0.717, 1.165) is 10.0 Å². The molecule has 6 aromatic rings. The fourth-order valence-electron chi connectivity index (χ4n) is 6.25. The molecule has 280 valence electrons.